The summed E-state index contributed by atoms with van der Waals surface area (Å²) in [5.41, 5.74) is 2.14. The topological polar surface area (TPSA) is 101 Å². The lowest BCUT2D eigenvalue weighted by Crippen LogP contribution is -2.34. The van der Waals surface area contributed by atoms with Crippen LogP contribution in [0.1, 0.15) is 27.4 Å². The molecule has 2 aromatic rings. The van der Waals surface area contributed by atoms with Crippen molar-refractivity contribution in [3.05, 3.63) is 46.8 Å². The van der Waals surface area contributed by atoms with Crippen molar-refractivity contribution in [1.82, 2.24) is 15.2 Å². The molecule has 0 saturated heterocycles. The van der Waals surface area contributed by atoms with Crippen LogP contribution >= 0.6 is 0 Å². The van der Waals surface area contributed by atoms with Gasteiger partial charge in [0.05, 0.1) is 10.6 Å². The Labute approximate surface area is 135 Å². The maximum Gasteiger partial charge on any atom is 0.289 e. The first-order valence-corrected chi connectivity index (χ1v) is 8.56. The van der Waals surface area contributed by atoms with Crippen molar-refractivity contribution in [3.63, 3.8) is 0 Å². The number of rotatable bonds is 6. The van der Waals surface area contributed by atoms with Crippen LogP contribution in [0.5, 0.6) is 0 Å². The van der Waals surface area contributed by atoms with Crippen LogP contribution in [-0.4, -0.2) is 32.6 Å². The van der Waals surface area contributed by atoms with E-state index in [0.29, 0.717) is 11.3 Å². The summed E-state index contributed by atoms with van der Waals surface area (Å²) in [6.45, 7) is 5.50. The van der Waals surface area contributed by atoms with Crippen molar-refractivity contribution in [2.24, 2.45) is 0 Å². The van der Waals surface area contributed by atoms with E-state index >= 15 is 0 Å². The molecule has 1 aromatic carbocycles. The molecule has 1 amide bonds. The molecule has 0 aliphatic heterocycles. The molecule has 8 heteroatoms. The first-order valence-electron chi connectivity index (χ1n) is 7.08. The van der Waals surface area contributed by atoms with Gasteiger partial charge in [-0.3, -0.25) is 4.79 Å². The van der Waals surface area contributed by atoms with E-state index in [1.165, 1.54) is 6.07 Å². The molecule has 0 spiro atoms. The lowest BCUT2D eigenvalue weighted by molar-refractivity contribution is 0.0917. The summed E-state index contributed by atoms with van der Waals surface area (Å²) in [6, 6.07) is 6.75. The Balaban J connectivity index is 1.90. The number of aryl methyl sites for hydroxylation is 3. The van der Waals surface area contributed by atoms with Crippen LogP contribution < -0.4 is 10.0 Å². The van der Waals surface area contributed by atoms with Crippen LogP contribution in [0.3, 0.4) is 0 Å². The number of aromatic nitrogens is 1. The average Bonchev–Trinajstić information content (AvgIpc) is 2.92. The zero-order valence-corrected chi connectivity index (χ0v) is 14.0. The van der Waals surface area contributed by atoms with Crippen LogP contribution in [0, 0.1) is 20.8 Å². The molecule has 0 bridgehead atoms. The van der Waals surface area contributed by atoms with Gasteiger partial charge < -0.3 is 9.84 Å². The summed E-state index contributed by atoms with van der Waals surface area (Å²) in [5.74, 6) is -0.337. The molecule has 1 aromatic heterocycles. The highest BCUT2D eigenvalue weighted by Crippen LogP contribution is 2.16. The van der Waals surface area contributed by atoms with Crippen molar-refractivity contribution in [2.45, 2.75) is 25.7 Å². The number of carbonyl (C=O) groups excluding carboxylic acids is 1. The summed E-state index contributed by atoms with van der Waals surface area (Å²) in [5, 5.41) is 6.18. The Kier molecular flexibility index (Phi) is 5.17. The minimum absolute atomic E-state index is 0.0780. The third-order valence-corrected chi connectivity index (χ3v) is 4.79. The molecule has 0 aliphatic carbocycles. The molecule has 23 heavy (non-hydrogen) atoms. The highest BCUT2D eigenvalue weighted by atomic mass is 32.2. The molecule has 124 valence electrons. The van der Waals surface area contributed by atoms with E-state index in [-0.39, 0.29) is 23.7 Å². The minimum Gasteiger partial charge on any atom is -0.351 e. The maximum absolute atomic E-state index is 12.3. The van der Waals surface area contributed by atoms with Gasteiger partial charge in [-0.25, -0.2) is 13.1 Å². The number of hydrogen-bond donors (Lipinski definition) is 2. The number of carbonyl (C=O) groups is 1. The van der Waals surface area contributed by atoms with E-state index in [2.05, 4.69) is 15.2 Å². The van der Waals surface area contributed by atoms with Crippen LogP contribution in [0.4, 0.5) is 0 Å². The van der Waals surface area contributed by atoms with Crippen molar-refractivity contribution >= 4 is 15.9 Å². The standard InChI is InChI=1S/C15H19N3O4S/c1-10-4-5-11(2)14(8-10)23(20,21)17-7-6-16-15(19)13-9-12(3)18-22-13/h4-5,8-9,17H,6-7H2,1-3H3,(H,16,19). The predicted octanol–water partition coefficient (Wildman–Crippen LogP) is 1.31. The molecule has 2 N–H and O–H groups in total. The first kappa shape index (κ1) is 17.2. The molecule has 2 rings (SSSR count). The SMILES string of the molecule is Cc1ccc(C)c(S(=O)(=O)NCCNC(=O)c2cc(C)no2)c1. The van der Waals surface area contributed by atoms with Gasteiger partial charge in [-0.05, 0) is 38.0 Å². The summed E-state index contributed by atoms with van der Waals surface area (Å²) in [7, 11) is -3.61. The van der Waals surface area contributed by atoms with E-state index in [9.17, 15) is 13.2 Å². The summed E-state index contributed by atoms with van der Waals surface area (Å²) < 4.78 is 31.8. The van der Waals surface area contributed by atoms with Gasteiger partial charge in [-0.2, -0.15) is 0 Å². The third kappa shape index (κ3) is 4.40. The van der Waals surface area contributed by atoms with E-state index in [0.717, 1.165) is 5.56 Å². The fourth-order valence-corrected chi connectivity index (χ4v) is 3.35. The largest absolute Gasteiger partial charge is 0.351 e. The normalized spacial score (nSPS) is 11.4. The molecule has 0 fully saturated rings. The van der Waals surface area contributed by atoms with Crippen molar-refractivity contribution in [2.75, 3.05) is 13.1 Å². The Morgan fingerprint density at radius 1 is 1.17 bits per heavy atom. The van der Waals surface area contributed by atoms with Crippen LogP contribution in [0.25, 0.3) is 0 Å². The number of nitrogens with zero attached hydrogens (tertiary/aromatic N) is 1. The molecule has 0 saturated carbocycles. The number of sulfonamides is 1. The third-order valence-electron chi connectivity index (χ3n) is 3.19. The van der Waals surface area contributed by atoms with Gasteiger partial charge in [0.15, 0.2) is 0 Å². The smallest absolute Gasteiger partial charge is 0.289 e. The summed E-state index contributed by atoms with van der Waals surface area (Å²) >= 11 is 0. The number of amides is 1. The molecule has 7 nitrogen and oxygen atoms in total. The molecular formula is C15H19N3O4S. The van der Waals surface area contributed by atoms with Gasteiger partial charge in [0, 0.05) is 19.2 Å². The van der Waals surface area contributed by atoms with Gasteiger partial charge in [-0.1, -0.05) is 17.3 Å². The highest BCUT2D eigenvalue weighted by molar-refractivity contribution is 7.89. The lowest BCUT2D eigenvalue weighted by Gasteiger charge is -2.10. The second-order valence-electron chi connectivity index (χ2n) is 5.26. The van der Waals surface area contributed by atoms with Crippen LogP contribution in [0.15, 0.2) is 33.7 Å². The van der Waals surface area contributed by atoms with Crippen molar-refractivity contribution < 1.29 is 17.7 Å². The quantitative estimate of drug-likeness (QED) is 0.774. The maximum atomic E-state index is 12.3. The Morgan fingerprint density at radius 2 is 1.91 bits per heavy atom. The predicted molar refractivity (Wildman–Crippen MR) is 84.7 cm³/mol. The molecule has 0 atom stereocenters. The zero-order chi connectivity index (χ0) is 17.0. The summed E-state index contributed by atoms with van der Waals surface area (Å²) in [6.07, 6.45) is 0. The van der Waals surface area contributed by atoms with E-state index in [1.54, 1.807) is 26.0 Å². The second-order valence-corrected chi connectivity index (χ2v) is 6.99. The average molecular weight is 337 g/mol. The molecule has 0 unspecified atom stereocenters. The minimum atomic E-state index is -3.61. The fraction of sp³-hybridized carbons (Fsp3) is 0.333. The Morgan fingerprint density at radius 3 is 2.57 bits per heavy atom. The van der Waals surface area contributed by atoms with Crippen LogP contribution in [-0.2, 0) is 10.0 Å². The molecule has 0 aliphatic rings. The Bertz CT molecular complexity index is 812. The van der Waals surface area contributed by atoms with E-state index in [1.807, 2.05) is 13.0 Å². The van der Waals surface area contributed by atoms with Gasteiger partial charge in [-0.15, -0.1) is 0 Å². The second kappa shape index (κ2) is 6.93. The molecular weight excluding hydrogens is 318 g/mol. The van der Waals surface area contributed by atoms with Gasteiger partial charge in [0.2, 0.25) is 15.8 Å². The lowest BCUT2D eigenvalue weighted by atomic mass is 10.2. The molecule has 1 heterocycles. The van der Waals surface area contributed by atoms with Crippen LogP contribution in [0.2, 0.25) is 0 Å². The number of hydrogen-bond acceptors (Lipinski definition) is 5. The van der Waals surface area contributed by atoms with E-state index < -0.39 is 15.9 Å². The Hall–Kier alpha value is -2.19. The monoisotopic (exact) mass is 337 g/mol. The highest BCUT2D eigenvalue weighted by Gasteiger charge is 2.17. The van der Waals surface area contributed by atoms with Crippen molar-refractivity contribution in [3.8, 4) is 0 Å². The zero-order valence-electron chi connectivity index (χ0n) is 13.2. The number of benzene rings is 1. The van der Waals surface area contributed by atoms with Gasteiger partial charge >= 0.3 is 0 Å². The fourth-order valence-electron chi connectivity index (χ4n) is 1.99. The van der Waals surface area contributed by atoms with Gasteiger partial charge in [0.1, 0.15) is 0 Å². The summed E-state index contributed by atoms with van der Waals surface area (Å²) in [4.78, 5) is 12.0. The van der Waals surface area contributed by atoms with Crippen molar-refractivity contribution in [1.29, 1.82) is 0 Å². The molecule has 0 radical (unpaired) electrons. The first-order chi connectivity index (χ1) is 10.8. The van der Waals surface area contributed by atoms with Gasteiger partial charge in [0.25, 0.3) is 5.91 Å². The van der Waals surface area contributed by atoms with E-state index in [4.69, 9.17) is 4.52 Å². The number of nitrogens with one attached hydrogen (secondary N) is 2.